The number of nitrogens with one attached hydrogen (secondary N) is 1. The van der Waals surface area contributed by atoms with Gasteiger partial charge in [0.25, 0.3) is 0 Å². The molecule has 0 bridgehead atoms. The first-order chi connectivity index (χ1) is 10.2. The lowest BCUT2D eigenvalue weighted by Crippen LogP contribution is -2.34. The van der Waals surface area contributed by atoms with Gasteiger partial charge in [0.1, 0.15) is 11.5 Å². The van der Waals surface area contributed by atoms with E-state index in [9.17, 15) is 4.79 Å². The van der Waals surface area contributed by atoms with Crippen molar-refractivity contribution in [1.29, 1.82) is 0 Å². The number of benzene rings is 1. The van der Waals surface area contributed by atoms with Crippen LogP contribution in [-0.2, 0) is 17.6 Å². The summed E-state index contributed by atoms with van der Waals surface area (Å²) in [7, 11) is 1.62. The van der Waals surface area contributed by atoms with Gasteiger partial charge in [-0.25, -0.2) is 0 Å². The van der Waals surface area contributed by atoms with Gasteiger partial charge >= 0.3 is 0 Å². The molecule has 0 fully saturated rings. The second-order valence-electron chi connectivity index (χ2n) is 5.11. The highest BCUT2D eigenvalue weighted by Crippen LogP contribution is 2.13. The Morgan fingerprint density at radius 3 is 2.90 bits per heavy atom. The molecule has 1 atom stereocenters. The van der Waals surface area contributed by atoms with E-state index in [1.807, 2.05) is 43.3 Å². The van der Waals surface area contributed by atoms with E-state index in [1.54, 1.807) is 13.4 Å². The molecule has 1 aromatic carbocycles. The largest absolute Gasteiger partial charge is 0.497 e. The average molecular weight is 287 g/mol. The highest BCUT2D eigenvalue weighted by Gasteiger charge is 2.09. The van der Waals surface area contributed by atoms with Gasteiger partial charge in [0, 0.05) is 12.5 Å². The van der Waals surface area contributed by atoms with Crippen molar-refractivity contribution in [2.75, 3.05) is 7.11 Å². The molecule has 0 saturated heterocycles. The topological polar surface area (TPSA) is 51.5 Å². The van der Waals surface area contributed by atoms with E-state index in [2.05, 4.69) is 5.32 Å². The van der Waals surface area contributed by atoms with Crippen LogP contribution in [0.15, 0.2) is 47.1 Å². The summed E-state index contributed by atoms with van der Waals surface area (Å²) >= 11 is 0. The lowest BCUT2D eigenvalue weighted by molar-refractivity contribution is -0.121. The van der Waals surface area contributed by atoms with Crippen molar-refractivity contribution in [3.63, 3.8) is 0 Å². The van der Waals surface area contributed by atoms with Crippen LogP contribution in [0.2, 0.25) is 0 Å². The molecular formula is C17H21NO3. The minimum Gasteiger partial charge on any atom is -0.497 e. The van der Waals surface area contributed by atoms with Gasteiger partial charge in [-0.3, -0.25) is 4.79 Å². The van der Waals surface area contributed by atoms with Crippen molar-refractivity contribution in [3.05, 3.63) is 54.0 Å². The SMILES string of the molecule is COc1cccc(CC(=O)N[C@H](C)CCc2ccco2)c1. The fourth-order valence-corrected chi connectivity index (χ4v) is 2.18. The van der Waals surface area contributed by atoms with E-state index >= 15 is 0 Å². The molecule has 0 aliphatic carbocycles. The Bertz CT molecular complexity index is 563. The van der Waals surface area contributed by atoms with Gasteiger partial charge in [-0.1, -0.05) is 12.1 Å². The van der Waals surface area contributed by atoms with E-state index in [4.69, 9.17) is 9.15 Å². The molecule has 4 heteroatoms. The predicted molar refractivity (Wildman–Crippen MR) is 81.3 cm³/mol. The molecule has 0 aliphatic heterocycles. The molecule has 0 radical (unpaired) electrons. The third-order valence-corrected chi connectivity index (χ3v) is 3.31. The summed E-state index contributed by atoms with van der Waals surface area (Å²) in [5.74, 6) is 1.74. The lowest BCUT2D eigenvalue weighted by Gasteiger charge is -2.13. The number of hydrogen-bond donors (Lipinski definition) is 1. The Labute approximate surface area is 125 Å². The Balaban J connectivity index is 1.77. The van der Waals surface area contributed by atoms with E-state index in [-0.39, 0.29) is 11.9 Å². The van der Waals surface area contributed by atoms with Crippen molar-refractivity contribution in [1.82, 2.24) is 5.32 Å². The van der Waals surface area contributed by atoms with E-state index < -0.39 is 0 Å². The molecule has 0 spiro atoms. The first-order valence-electron chi connectivity index (χ1n) is 7.12. The van der Waals surface area contributed by atoms with E-state index in [0.29, 0.717) is 6.42 Å². The van der Waals surface area contributed by atoms with Gasteiger partial charge in [0.05, 0.1) is 19.8 Å². The molecule has 1 heterocycles. The van der Waals surface area contributed by atoms with Gasteiger partial charge in [0.2, 0.25) is 5.91 Å². The molecular weight excluding hydrogens is 266 g/mol. The third-order valence-electron chi connectivity index (χ3n) is 3.31. The quantitative estimate of drug-likeness (QED) is 0.851. The van der Waals surface area contributed by atoms with Gasteiger partial charge < -0.3 is 14.5 Å². The van der Waals surface area contributed by atoms with Crippen LogP contribution in [0.25, 0.3) is 0 Å². The van der Waals surface area contributed by atoms with Crippen LogP contribution < -0.4 is 10.1 Å². The minimum atomic E-state index is 0.0233. The minimum absolute atomic E-state index is 0.0233. The molecule has 1 aromatic heterocycles. The standard InChI is InChI=1S/C17H21NO3/c1-13(8-9-15-7-4-10-21-15)18-17(19)12-14-5-3-6-16(11-14)20-2/h3-7,10-11,13H,8-9,12H2,1-2H3,(H,18,19)/t13-/m1/s1. The third kappa shape index (κ3) is 4.99. The van der Waals surface area contributed by atoms with Gasteiger partial charge in [0.15, 0.2) is 0 Å². The van der Waals surface area contributed by atoms with Crippen molar-refractivity contribution in [2.24, 2.45) is 0 Å². The summed E-state index contributed by atoms with van der Waals surface area (Å²) in [6, 6.07) is 11.5. The fraction of sp³-hybridized carbons (Fsp3) is 0.353. The normalized spacial score (nSPS) is 11.9. The zero-order chi connectivity index (χ0) is 15.1. The number of aryl methyl sites for hydroxylation is 1. The molecule has 1 N–H and O–H groups in total. The summed E-state index contributed by atoms with van der Waals surface area (Å²) in [5.41, 5.74) is 0.949. The maximum atomic E-state index is 12.0. The van der Waals surface area contributed by atoms with Crippen LogP contribution in [-0.4, -0.2) is 19.1 Å². The maximum Gasteiger partial charge on any atom is 0.224 e. The fourth-order valence-electron chi connectivity index (χ4n) is 2.18. The first-order valence-corrected chi connectivity index (χ1v) is 7.12. The van der Waals surface area contributed by atoms with Crippen molar-refractivity contribution in [3.8, 4) is 5.75 Å². The van der Waals surface area contributed by atoms with Gasteiger partial charge in [-0.2, -0.15) is 0 Å². The number of furan rings is 1. The lowest BCUT2D eigenvalue weighted by atomic mass is 10.1. The second-order valence-corrected chi connectivity index (χ2v) is 5.11. The van der Waals surface area contributed by atoms with Crippen molar-refractivity contribution < 1.29 is 13.9 Å². The van der Waals surface area contributed by atoms with Crippen LogP contribution >= 0.6 is 0 Å². The van der Waals surface area contributed by atoms with Crippen molar-refractivity contribution in [2.45, 2.75) is 32.2 Å². The smallest absolute Gasteiger partial charge is 0.224 e. The van der Waals surface area contributed by atoms with Gasteiger partial charge in [-0.05, 0) is 43.2 Å². The molecule has 2 aromatic rings. The number of rotatable bonds is 7. The maximum absolute atomic E-state index is 12.0. The highest BCUT2D eigenvalue weighted by atomic mass is 16.5. The number of amides is 1. The molecule has 2 rings (SSSR count). The average Bonchev–Trinajstić information content (AvgIpc) is 2.98. The number of methoxy groups -OCH3 is 1. The van der Waals surface area contributed by atoms with Crippen LogP contribution in [0, 0.1) is 0 Å². The van der Waals surface area contributed by atoms with Crippen LogP contribution in [0.4, 0.5) is 0 Å². The Kier molecular flexibility index (Phi) is 5.43. The Hall–Kier alpha value is -2.23. The monoisotopic (exact) mass is 287 g/mol. The first kappa shape index (κ1) is 15.2. The van der Waals surface area contributed by atoms with Crippen LogP contribution in [0.3, 0.4) is 0 Å². The summed E-state index contributed by atoms with van der Waals surface area (Å²) in [6.07, 6.45) is 3.72. The second kappa shape index (κ2) is 7.53. The molecule has 0 unspecified atom stereocenters. The van der Waals surface area contributed by atoms with Gasteiger partial charge in [-0.15, -0.1) is 0 Å². The summed E-state index contributed by atoms with van der Waals surface area (Å²) in [4.78, 5) is 12.0. The molecule has 0 saturated carbocycles. The van der Waals surface area contributed by atoms with E-state index in [1.165, 1.54) is 0 Å². The summed E-state index contributed by atoms with van der Waals surface area (Å²) in [6.45, 7) is 2.01. The highest BCUT2D eigenvalue weighted by molar-refractivity contribution is 5.78. The number of ether oxygens (including phenoxy) is 1. The van der Waals surface area contributed by atoms with Crippen molar-refractivity contribution >= 4 is 5.91 Å². The zero-order valence-electron chi connectivity index (χ0n) is 12.5. The predicted octanol–water partition coefficient (Wildman–Crippen LogP) is 2.97. The molecule has 112 valence electrons. The Morgan fingerprint density at radius 1 is 1.33 bits per heavy atom. The molecule has 4 nitrogen and oxygen atoms in total. The Morgan fingerprint density at radius 2 is 2.19 bits per heavy atom. The van der Waals surface area contributed by atoms with E-state index in [0.717, 1.165) is 29.9 Å². The number of carbonyl (C=O) groups excluding carboxylic acids is 1. The number of hydrogen-bond acceptors (Lipinski definition) is 3. The molecule has 1 amide bonds. The number of carbonyl (C=O) groups is 1. The van der Waals surface area contributed by atoms with Crippen LogP contribution in [0.1, 0.15) is 24.7 Å². The summed E-state index contributed by atoms with van der Waals surface area (Å²) < 4.78 is 10.4. The molecule has 0 aliphatic rings. The molecule has 21 heavy (non-hydrogen) atoms. The summed E-state index contributed by atoms with van der Waals surface area (Å²) in [5, 5.41) is 3.01. The van der Waals surface area contributed by atoms with Crippen LogP contribution in [0.5, 0.6) is 5.75 Å². The zero-order valence-corrected chi connectivity index (χ0v) is 12.5.